The fraction of sp³-hybridized carbons (Fsp3) is 0.286. The highest BCUT2D eigenvalue weighted by Gasteiger charge is 2.26. The lowest BCUT2D eigenvalue weighted by Crippen LogP contribution is -2.47. The van der Waals surface area contributed by atoms with Gasteiger partial charge in [-0.25, -0.2) is 19.9 Å². The average Bonchev–Trinajstić information content (AvgIpc) is 3.35. The van der Waals surface area contributed by atoms with Crippen molar-refractivity contribution in [2.45, 2.75) is 6.92 Å². The van der Waals surface area contributed by atoms with Crippen LogP contribution in [0.1, 0.15) is 16.3 Å². The quantitative estimate of drug-likeness (QED) is 0.518. The second-order valence-electron chi connectivity index (χ2n) is 7.43. The Balaban J connectivity index is 1.57. The molecule has 5 heterocycles. The second-order valence-corrected chi connectivity index (χ2v) is 7.43. The van der Waals surface area contributed by atoms with Gasteiger partial charge >= 0.3 is 0 Å². The number of hydrogen-bond acceptors (Lipinski definition) is 6. The average molecular weight is 402 g/mol. The molecule has 0 bridgehead atoms. The molecule has 1 fully saturated rings. The summed E-state index contributed by atoms with van der Waals surface area (Å²) in [6.45, 7) is 5.03. The molecule has 0 unspecified atom stereocenters. The number of nitrogens with zero attached hydrogens (tertiary/aromatic N) is 8. The molecule has 0 radical (unpaired) electrons. The molecule has 1 amide bonds. The Morgan fingerprint density at radius 3 is 2.53 bits per heavy atom. The summed E-state index contributed by atoms with van der Waals surface area (Å²) < 4.78 is 3.74. The van der Waals surface area contributed by atoms with Crippen LogP contribution < -0.4 is 0 Å². The molecular formula is C21H22N8O. The summed E-state index contributed by atoms with van der Waals surface area (Å²) in [4.78, 5) is 35.4. The molecule has 0 atom stereocenters. The number of aryl methyl sites for hydroxylation is 1. The molecule has 9 heteroatoms. The van der Waals surface area contributed by atoms with Crippen LogP contribution in [0.5, 0.6) is 0 Å². The zero-order chi connectivity index (χ0) is 20.7. The number of aromatic nitrogens is 6. The van der Waals surface area contributed by atoms with Gasteiger partial charge < -0.3 is 9.80 Å². The number of fused-ring (bicyclic) bond motifs is 1. The number of carbonyl (C=O) groups is 1. The number of carbonyl (C=O) groups excluding carboxylic acids is 1. The van der Waals surface area contributed by atoms with E-state index in [1.54, 1.807) is 18.5 Å². The SMILES string of the molecule is Cc1nc(-c2nc(C(=O)N3CCN(C)CC3)c3ccccn23)cn1-c1ncccn1. The highest BCUT2D eigenvalue weighted by molar-refractivity contribution is 6.00. The Morgan fingerprint density at radius 2 is 1.77 bits per heavy atom. The summed E-state index contributed by atoms with van der Waals surface area (Å²) in [6, 6.07) is 7.54. The minimum Gasteiger partial charge on any atom is -0.335 e. The first kappa shape index (κ1) is 18.4. The highest BCUT2D eigenvalue weighted by atomic mass is 16.2. The molecular weight excluding hydrogens is 380 g/mol. The van der Waals surface area contributed by atoms with Crippen molar-refractivity contribution in [1.29, 1.82) is 0 Å². The summed E-state index contributed by atoms with van der Waals surface area (Å²) in [7, 11) is 2.07. The van der Waals surface area contributed by atoms with Crippen molar-refractivity contribution in [3.05, 3.63) is 60.6 Å². The van der Waals surface area contributed by atoms with Crippen molar-refractivity contribution in [2.75, 3.05) is 33.2 Å². The van der Waals surface area contributed by atoms with Gasteiger partial charge in [0, 0.05) is 51.0 Å². The normalized spacial score (nSPS) is 15.1. The number of amides is 1. The van der Waals surface area contributed by atoms with E-state index in [1.165, 1.54) is 0 Å². The number of pyridine rings is 1. The number of hydrogen-bond donors (Lipinski definition) is 0. The molecule has 0 spiro atoms. The second kappa shape index (κ2) is 7.34. The lowest BCUT2D eigenvalue weighted by atomic mass is 10.2. The van der Waals surface area contributed by atoms with Crippen molar-refractivity contribution >= 4 is 11.4 Å². The molecule has 0 aromatic carbocycles. The van der Waals surface area contributed by atoms with E-state index in [2.05, 4.69) is 26.9 Å². The van der Waals surface area contributed by atoms with Gasteiger partial charge in [-0.3, -0.25) is 13.8 Å². The fourth-order valence-electron chi connectivity index (χ4n) is 3.73. The Morgan fingerprint density at radius 1 is 1.00 bits per heavy atom. The van der Waals surface area contributed by atoms with Crippen LogP contribution in [0.3, 0.4) is 0 Å². The molecule has 5 rings (SSSR count). The molecule has 0 saturated carbocycles. The third kappa shape index (κ3) is 3.13. The first-order valence-corrected chi connectivity index (χ1v) is 9.90. The maximum atomic E-state index is 13.2. The Hall–Kier alpha value is -3.59. The molecule has 0 aliphatic carbocycles. The summed E-state index contributed by atoms with van der Waals surface area (Å²) in [5, 5.41) is 0. The molecule has 152 valence electrons. The van der Waals surface area contributed by atoms with Crippen LogP contribution in [0, 0.1) is 6.92 Å². The first-order chi connectivity index (χ1) is 14.6. The van der Waals surface area contributed by atoms with Crippen LogP contribution in [-0.2, 0) is 0 Å². The summed E-state index contributed by atoms with van der Waals surface area (Å²) in [6.07, 6.45) is 7.15. The molecule has 0 N–H and O–H groups in total. The minimum atomic E-state index is -0.0411. The molecule has 4 aromatic rings. The van der Waals surface area contributed by atoms with E-state index in [-0.39, 0.29) is 5.91 Å². The van der Waals surface area contributed by atoms with Gasteiger partial charge in [0.1, 0.15) is 11.5 Å². The van der Waals surface area contributed by atoms with Crippen molar-refractivity contribution in [2.24, 2.45) is 0 Å². The number of likely N-dealkylation sites (N-methyl/N-ethyl adjacent to an activating group) is 1. The van der Waals surface area contributed by atoms with E-state index in [9.17, 15) is 4.79 Å². The molecule has 9 nitrogen and oxygen atoms in total. The molecule has 30 heavy (non-hydrogen) atoms. The third-order valence-corrected chi connectivity index (χ3v) is 5.42. The van der Waals surface area contributed by atoms with Crippen molar-refractivity contribution in [3.8, 4) is 17.5 Å². The maximum Gasteiger partial charge on any atom is 0.274 e. The summed E-state index contributed by atoms with van der Waals surface area (Å²) in [5.74, 6) is 1.88. The van der Waals surface area contributed by atoms with E-state index in [1.807, 2.05) is 51.4 Å². The van der Waals surface area contributed by atoms with Gasteiger partial charge in [0.2, 0.25) is 5.95 Å². The monoisotopic (exact) mass is 402 g/mol. The van der Waals surface area contributed by atoms with E-state index in [0.717, 1.165) is 24.4 Å². The van der Waals surface area contributed by atoms with Crippen LogP contribution in [0.25, 0.3) is 23.0 Å². The van der Waals surface area contributed by atoms with Crippen molar-refractivity contribution in [1.82, 2.24) is 38.7 Å². The lowest BCUT2D eigenvalue weighted by molar-refractivity contribution is 0.0661. The molecule has 1 saturated heterocycles. The van der Waals surface area contributed by atoms with Crippen LogP contribution in [0.15, 0.2) is 49.1 Å². The molecule has 1 aliphatic rings. The number of rotatable bonds is 3. The first-order valence-electron chi connectivity index (χ1n) is 9.90. The van der Waals surface area contributed by atoms with E-state index >= 15 is 0 Å². The van der Waals surface area contributed by atoms with Crippen LogP contribution >= 0.6 is 0 Å². The van der Waals surface area contributed by atoms with Crippen LogP contribution in [0.2, 0.25) is 0 Å². The Bertz CT molecular complexity index is 1200. The van der Waals surface area contributed by atoms with Gasteiger partial charge in [0.25, 0.3) is 5.91 Å². The standard InChI is InChI=1S/C21H22N8O/c1-15-24-16(14-29(15)21-22-7-5-8-23-21)19-25-18(17-6-3-4-9-28(17)19)20(30)27-12-10-26(2)11-13-27/h3-9,14H,10-13H2,1-2H3. The van der Waals surface area contributed by atoms with Crippen molar-refractivity contribution in [3.63, 3.8) is 0 Å². The van der Waals surface area contributed by atoms with Gasteiger partial charge in [-0.1, -0.05) is 6.07 Å². The smallest absolute Gasteiger partial charge is 0.274 e. The largest absolute Gasteiger partial charge is 0.335 e. The van der Waals surface area contributed by atoms with Crippen LogP contribution in [-0.4, -0.2) is 77.8 Å². The molecule has 4 aromatic heterocycles. The van der Waals surface area contributed by atoms with Gasteiger partial charge in [-0.05, 0) is 32.2 Å². The van der Waals surface area contributed by atoms with Crippen LogP contribution in [0.4, 0.5) is 0 Å². The maximum absolute atomic E-state index is 13.2. The zero-order valence-corrected chi connectivity index (χ0v) is 16.9. The fourth-order valence-corrected chi connectivity index (χ4v) is 3.73. The topological polar surface area (TPSA) is 84.5 Å². The van der Waals surface area contributed by atoms with Gasteiger partial charge in [0.05, 0.1) is 5.52 Å². The van der Waals surface area contributed by atoms with E-state index in [0.29, 0.717) is 36.3 Å². The summed E-state index contributed by atoms with van der Waals surface area (Å²) >= 11 is 0. The Kier molecular flexibility index (Phi) is 4.51. The predicted octanol–water partition coefficient (Wildman–Crippen LogP) is 1.67. The zero-order valence-electron chi connectivity index (χ0n) is 16.9. The third-order valence-electron chi connectivity index (χ3n) is 5.42. The lowest BCUT2D eigenvalue weighted by Gasteiger charge is -2.32. The molecule has 1 aliphatic heterocycles. The van der Waals surface area contributed by atoms with E-state index in [4.69, 9.17) is 4.98 Å². The minimum absolute atomic E-state index is 0.0411. The number of imidazole rings is 2. The summed E-state index contributed by atoms with van der Waals surface area (Å²) in [5.41, 5.74) is 1.90. The van der Waals surface area contributed by atoms with Crippen molar-refractivity contribution < 1.29 is 4.79 Å². The predicted molar refractivity (Wildman–Crippen MR) is 111 cm³/mol. The highest BCUT2D eigenvalue weighted by Crippen LogP contribution is 2.24. The Labute approximate surface area is 173 Å². The number of piperazine rings is 1. The van der Waals surface area contributed by atoms with Gasteiger partial charge in [-0.15, -0.1) is 0 Å². The van der Waals surface area contributed by atoms with Gasteiger partial charge in [0.15, 0.2) is 11.5 Å². The van der Waals surface area contributed by atoms with Gasteiger partial charge in [-0.2, -0.15) is 0 Å². The van der Waals surface area contributed by atoms with E-state index < -0.39 is 0 Å².